The lowest BCUT2D eigenvalue weighted by Gasteiger charge is -2.13. The molecule has 0 spiro atoms. The second kappa shape index (κ2) is 8.45. The number of hydrogen-bond acceptors (Lipinski definition) is 7. The van der Waals surface area contributed by atoms with Crippen molar-refractivity contribution < 1.29 is 0 Å². The van der Waals surface area contributed by atoms with Crippen LogP contribution in [0.4, 0.5) is 0 Å². The Labute approximate surface area is 184 Å². The minimum absolute atomic E-state index is 0.153. The maximum Gasteiger partial charge on any atom is 0.305 e. The minimum Gasteiger partial charge on any atom is -0.324 e. The topological polar surface area (TPSA) is 79.7 Å². The monoisotopic (exact) mass is 466 g/mol. The number of halogens is 2. The van der Waals surface area contributed by atoms with E-state index in [-0.39, 0.29) is 4.87 Å². The van der Waals surface area contributed by atoms with Gasteiger partial charge in [0.25, 0.3) is 0 Å². The van der Waals surface area contributed by atoms with Gasteiger partial charge in [-0.3, -0.25) is 4.79 Å². The maximum atomic E-state index is 11.7. The largest absolute Gasteiger partial charge is 0.324 e. The van der Waals surface area contributed by atoms with Crippen LogP contribution in [-0.2, 0) is 6.54 Å². The highest BCUT2D eigenvalue weighted by molar-refractivity contribution is 7.99. The third-order valence-electron chi connectivity index (χ3n) is 4.08. The maximum absolute atomic E-state index is 11.7. The molecule has 3 aromatic heterocycles. The quantitative estimate of drug-likeness (QED) is 0.457. The van der Waals surface area contributed by atoms with E-state index in [1.807, 2.05) is 20.3 Å². The van der Waals surface area contributed by atoms with E-state index in [2.05, 4.69) is 19.4 Å². The molecule has 0 saturated heterocycles. The molecule has 0 radical (unpaired) electrons. The fourth-order valence-electron chi connectivity index (χ4n) is 2.63. The zero-order valence-electron chi connectivity index (χ0n) is 15.5. The van der Waals surface area contributed by atoms with Crippen LogP contribution >= 0.6 is 46.3 Å². The van der Waals surface area contributed by atoms with Gasteiger partial charge in [-0.15, -0.1) is 0 Å². The van der Waals surface area contributed by atoms with Gasteiger partial charge in [0.15, 0.2) is 5.16 Å². The van der Waals surface area contributed by atoms with Crippen molar-refractivity contribution in [3.8, 4) is 10.6 Å². The Morgan fingerprint density at radius 2 is 1.93 bits per heavy atom. The van der Waals surface area contributed by atoms with Crippen molar-refractivity contribution in [2.45, 2.75) is 16.7 Å². The van der Waals surface area contributed by atoms with Gasteiger partial charge in [-0.2, -0.15) is 0 Å². The number of nitrogens with one attached hydrogen (secondary N) is 1. The molecule has 3 heterocycles. The van der Waals surface area contributed by atoms with E-state index < -0.39 is 0 Å². The van der Waals surface area contributed by atoms with Gasteiger partial charge < -0.3 is 14.5 Å². The van der Waals surface area contributed by atoms with Crippen molar-refractivity contribution >= 4 is 57.3 Å². The molecule has 1 N–H and O–H groups in total. The first-order chi connectivity index (χ1) is 13.9. The average molecular weight is 467 g/mol. The number of likely N-dealkylation sites (N-methyl/N-ethyl adjacent to an activating group) is 1. The molecular formula is C18H16Cl2N6OS2. The highest BCUT2D eigenvalue weighted by Gasteiger charge is 2.18. The number of hydrogen-bond donors (Lipinski definition) is 1. The summed E-state index contributed by atoms with van der Waals surface area (Å²) in [5, 5.41) is 2.25. The summed E-state index contributed by atoms with van der Waals surface area (Å²) in [6.45, 7) is 1.68. The summed E-state index contributed by atoms with van der Waals surface area (Å²) in [5.41, 5.74) is 1.84. The number of fused-ring (bicyclic) bond motifs is 1. The van der Waals surface area contributed by atoms with Crippen LogP contribution in [0.2, 0.25) is 10.0 Å². The molecule has 0 aliphatic rings. The zero-order valence-corrected chi connectivity index (χ0v) is 18.7. The van der Waals surface area contributed by atoms with Gasteiger partial charge in [0.05, 0.1) is 26.0 Å². The van der Waals surface area contributed by atoms with Crippen LogP contribution in [0.3, 0.4) is 0 Å². The average Bonchev–Trinajstić information content (AvgIpc) is 3.29. The molecule has 150 valence electrons. The van der Waals surface area contributed by atoms with Gasteiger partial charge in [-0.05, 0) is 38.0 Å². The molecule has 0 bridgehead atoms. The van der Waals surface area contributed by atoms with E-state index in [0.29, 0.717) is 36.7 Å². The van der Waals surface area contributed by atoms with Crippen LogP contribution in [-0.4, -0.2) is 50.0 Å². The van der Waals surface area contributed by atoms with E-state index in [1.54, 1.807) is 24.5 Å². The summed E-state index contributed by atoms with van der Waals surface area (Å²) in [6, 6.07) is 3.37. The third kappa shape index (κ3) is 4.49. The smallest absolute Gasteiger partial charge is 0.305 e. The van der Waals surface area contributed by atoms with Crippen LogP contribution in [0.5, 0.6) is 0 Å². The molecule has 0 aliphatic heterocycles. The molecule has 7 nitrogen and oxygen atoms in total. The van der Waals surface area contributed by atoms with Gasteiger partial charge in [0.2, 0.25) is 0 Å². The van der Waals surface area contributed by atoms with Crippen molar-refractivity contribution in [2.24, 2.45) is 0 Å². The van der Waals surface area contributed by atoms with Crippen molar-refractivity contribution in [3.05, 3.63) is 50.4 Å². The number of aromatic amines is 1. The number of nitrogens with zero attached hydrogens (tertiary/aromatic N) is 5. The molecule has 0 fully saturated rings. The lowest BCUT2D eigenvalue weighted by atomic mass is 10.3. The summed E-state index contributed by atoms with van der Waals surface area (Å²) in [5.74, 6) is 0. The Morgan fingerprint density at radius 1 is 1.21 bits per heavy atom. The number of imidazole rings is 1. The number of thiazole rings is 1. The molecule has 4 rings (SSSR count). The Bertz CT molecular complexity index is 1230. The molecule has 1 aromatic carbocycles. The Balaban J connectivity index is 1.81. The molecule has 0 atom stereocenters. The standard InChI is InChI=1S/C18H16Cl2N6OS2/c1-25(2)5-6-26-4-3-21-17(26)29-16-15(14-9-22-18(27)28-14)23-12-7-10(19)11(20)8-13(12)24-16/h3-4,7-9H,5-6H2,1-2H3,(H,22,27). The van der Waals surface area contributed by atoms with Crippen LogP contribution in [0.1, 0.15) is 0 Å². The number of rotatable bonds is 6. The molecule has 0 aliphatic carbocycles. The first-order valence-corrected chi connectivity index (χ1v) is 11.0. The summed E-state index contributed by atoms with van der Waals surface area (Å²) >= 11 is 14.8. The van der Waals surface area contributed by atoms with Gasteiger partial charge in [-0.1, -0.05) is 34.5 Å². The lowest BCUT2D eigenvalue weighted by molar-refractivity contribution is 0.376. The summed E-state index contributed by atoms with van der Waals surface area (Å²) < 4.78 is 2.06. The molecule has 0 amide bonds. The van der Waals surface area contributed by atoms with Crippen LogP contribution in [0.15, 0.2) is 45.7 Å². The molecule has 11 heteroatoms. The van der Waals surface area contributed by atoms with Gasteiger partial charge in [0.1, 0.15) is 10.7 Å². The second-order valence-electron chi connectivity index (χ2n) is 6.48. The highest BCUT2D eigenvalue weighted by atomic mass is 35.5. The molecule has 0 unspecified atom stereocenters. The van der Waals surface area contributed by atoms with Crippen molar-refractivity contribution in [2.75, 3.05) is 20.6 Å². The molecule has 0 saturated carbocycles. The Kier molecular flexibility index (Phi) is 5.93. The Hall–Kier alpha value is -1.91. The van der Waals surface area contributed by atoms with Gasteiger partial charge in [-0.25, -0.2) is 15.0 Å². The predicted octanol–water partition coefficient (Wildman–Crippen LogP) is 4.26. The summed E-state index contributed by atoms with van der Waals surface area (Å²) in [7, 11) is 4.05. The Morgan fingerprint density at radius 3 is 2.59 bits per heavy atom. The number of benzene rings is 1. The first kappa shape index (κ1) is 20.4. The van der Waals surface area contributed by atoms with Crippen molar-refractivity contribution in [3.63, 3.8) is 0 Å². The first-order valence-electron chi connectivity index (χ1n) is 8.60. The fourth-order valence-corrected chi connectivity index (χ4v) is 4.64. The third-order valence-corrected chi connectivity index (χ3v) is 6.64. The molecular weight excluding hydrogens is 451 g/mol. The molecule has 4 aromatic rings. The van der Waals surface area contributed by atoms with Crippen LogP contribution in [0.25, 0.3) is 21.6 Å². The zero-order chi connectivity index (χ0) is 20.5. The lowest BCUT2D eigenvalue weighted by Crippen LogP contribution is -2.18. The fraction of sp³-hybridized carbons (Fsp3) is 0.222. The highest BCUT2D eigenvalue weighted by Crippen LogP contribution is 2.36. The van der Waals surface area contributed by atoms with E-state index in [4.69, 9.17) is 33.2 Å². The van der Waals surface area contributed by atoms with E-state index in [9.17, 15) is 4.79 Å². The van der Waals surface area contributed by atoms with E-state index >= 15 is 0 Å². The van der Waals surface area contributed by atoms with Crippen molar-refractivity contribution in [1.29, 1.82) is 0 Å². The van der Waals surface area contributed by atoms with E-state index in [1.165, 1.54) is 11.8 Å². The van der Waals surface area contributed by atoms with Gasteiger partial charge in [0, 0.05) is 31.7 Å². The summed E-state index contributed by atoms with van der Waals surface area (Å²) in [4.78, 5) is 31.0. The van der Waals surface area contributed by atoms with Crippen molar-refractivity contribution in [1.82, 2.24) is 29.4 Å². The second-order valence-corrected chi connectivity index (χ2v) is 9.27. The molecule has 29 heavy (non-hydrogen) atoms. The predicted molar refractivity (Wildman–Crippen MR) is 118 cm³/mol. The minimum atomic E-state index is -0.153. The number of H-pyrrole nitrogens is 1. The van der Waals surface area contributed by atoms with E-state index in [0.717, 1.165) is 29.6 Å². The van der Waals surface area contributed by atoms with Crippen LogP contribution in [0, 0.1) is 0 Å². The summed E-state index contributed by atoms with van der Waals surface area (Å²) in [6.07, 6.45) is 5.34. The van der Waals surface area contributed by atoms with Crippen LogP contribution < -0.4 is 4.87 Å². The normalized spacial score (nSPS) is 11.6. The SMILES string of the molecule is CN(C)CCn1ccnc1Sc1nc2cc(Cl)c(Cl)cc2nc1-c1c[nH]c(=O)s1. The van der Waals surface area contributed by atoms with Gasteiger partial charge >= 0.3 is 4.87 Å². The number of aromatic nitrogens is 5.